The number of sulfone groups is 1. The number of methoxy groups -OCH3 is 1. The van der Waals surface area contributed by atoms with Crippen LogP contribution >= 0.6 is 0 Å². The molecule has 0 bridgehead atoms. The molecule has 0 saturated heterocycles. The number of nitriles is 1. The lowest BCUT2D eigenvalue weighted by Crippen LogP contribution is -2.03. The molecular weight excluding hydrogens is 334 g/mol. The zero-order valence-corrected chi connectivity index (χ0v) is 14.3. The highest BCUT2D eigenvalue weighted by molar-refractivity contribution is 7.95. The van der Waals surface area contributed by atoms with E-state index in [1.165, 1.54) is 25.3 Å². The second-order valence-electron chi connectivity index (χ2n) is 5.34. The maximum Gasteiger partial charge on any atom is 0.216 e. The van der Waals surface area contributed by atoms with E-state index in [0.29, 0.717) is 11.3 Å². The number of allylic oxidation sites excluding steroid dienone is 1. The first-order chi connectivity index (χ1) is 12.1. The van der Waals surface area contributed by atoms with Gasteiger partial charge in [0, 0.05) is 5.56 Å². The van der Waals surface area contributed by atoms with Crippen LogP contribution in [-0.4, -0.2) is 15.5 Å². The molecule has 25 heavy (non-hydrogen) atoms. The first-order valence-corrected chi connectivity index (χ1v) is 9.04. The summed E-state index contributed by atoms with van der Waals surface area (Å²) in [6, 6.07) is 20.9. The molecule has 0 aliphatic carbocycles. The second kappa shape index (κ2) is 6.80. The molecule has 0 aromatic heterocycles. The van der Waals surface area contributed by atoms with Gasteiger partial charge in [0.1, 0.15) is 16.7 Å². The Bertz CT molecular complexity index is 1090. The van der Waals surface area contributed by atoms with E-state index in [2.05, 4.69) is 0 Å². The molecule has 5 heteroatoms. The Balaban J connectivity index is 2.26. The van der Waals surface area contributed by atoms with Gasteiger partial charge in [-0.05, 0) is 35.0 Å². The highest BCUT2D eigenvalue weighted by atomic mass is 32.2. The summed E-state index contributed by atoms with van der Waals surface area (Å²) in [7, 11) is -2.39. The van der Waals surface area contributed by atoms with Crippen LogP contribution in [-0.2, 0) is 9.84 Å². The predicted molar refractivity (Wildman–Crippen MR) is 97.7 cm³/mol. The lowest BCUT2D eigenvalue weighted by molar-refractivity contribution is 0.414. The normalized spacial score (nSPS) is 11.9. The van der Waals surface area contributed by atoms with Crippen LogP contribution in [0.3, 0.4) is 0 Å². The molecular formula is C20H15NO3S. The van der Waals surface area contributed by atoms with E-state index in [1.54, 1.807) is 24.3 Å². The molecule has 0 radical (unpaired) electrons. The molecule has 0 amide bonds. The molecule has 0 atom stereocenters. The molecule has 0 spiro atoms. The summed E-state index contributed by atoms with van der Waals surface area (Å²) >= 11 is 0. The van der Waals surface area contributed by atoms with E-state index in [9.17, 15) is 13.7 Å². The molecule has 0 fully saturated rings. The Hall–Kier alpha value is -3.10. The number of ether oxygens (including phenoxy) is 1. The minimum atomic E-state index is -3.90. The molecule has 3 aromatic rings. The summed E-state index contributed by atoms with van der Waals surface area (Å²) in [5.74, 6) is 0.509. The van der Waals surface area contributed by atoms with Crippen molar-refractivity contribution in [2.24, 2.45) is 0 Å². The average Bonchev–Trinajstić information content (AvgIpc) is 2.66. The smallest absolute Gasteiger partial charge is 0.216 e. The van der Waals surface area contributed by atoms with Gasteiger partial charge in [-0.25, -0.2) is 8.42 Å². The summed E-state index contributed by atoms with van der Waals surface area (Å²) < 4.78 is 30.9. The third kappa shape index (κ3) is 3.12. The van der Waals surface area contributed by atoms with Crippen LogP contribution in [0.4, 0.5) is 0 Å². The molecule has 0 aliphatic rings. The fourth-order valence-corrected chi connectivity index (χ4v) is 3.79. The van der Waals surface area contributed by atoms with Crippen molar-refractivity contribution in [2.45, 2.75) is 4.90 Å². The fourth-order valence-electron chi connectivity index (χ4n) is 2.63. The first kappa shape index (κ1) is 16.7. The van der Waals surface area contributed by atoms with Crippen molar-refractivity contribution in [3.63, 3.8) is 0 Å². The third-order valence-corrected chi connectivity index (χ3v) is 5.56. The minimum absolute atomic E-state index is 0.0852. The Labute approximate surface area is 146 Å². The monoisotopic (exact) mass is 349 g/mol. The van der Waals surface area contributed by atoms with Gasteiger partial charge in [0.15, 0.2) is 0 Å². The van der Waals surface area contributed by atoms with Crippen LogP contribution in [0.5, 0.6) is 5.75 Å². The zero-order valence-electron chi connectivity index (χ0n) is 13.5. The highest BCUT2D eigenvalue weighted by Crippen LogP contribution is 2.31. The number of fused-ring (bicyclic) bond motifs is 1. The van der Waals surface area contributed by atoms with Gasteiger partial charge in [-0.15, -0.1) is 0 Å². The van der Waals surface area contributed by atoms with Gasteiger partial charge in [-0.1, -0.05) is 48.5 Å². The molecule has 0 saturated carbocycles. The lowest BCUT2D eigenvalue weighted by atomic mass is 10.0. The van der Waals surface area contributed by atoms with Crippen molar-refractivity contribution < 1.29 is 13.2 Å². The van der Waals surface area contributed by atoms with Crippen LogP contribution in [0.15, 0.2) is 76.5 Å². The van der Waals surface area contributed by atoms with E-state index in [0.717, 1.165) is 10.8 Å². The number of rotatable bonds is 4. The van der Waals surface area contributed by atoms with Crippen molar-refractivity contribution >= 4 is 26.7 Å². The van der Waals surface area contributed by atoms with Gasteiger partial charge in [0.2, 0.25) is 9.84 Å². The van der Waals surface area contributed by atoms with Crippen molar-refractivity contribution in [2.75, 3.05) is 7.11 Å². The molecule has 3 rings (SSSR count). The predicted octanol–water partition coefficient (Wildman–Crippen LogP) is 4.19. The summed E-state index contributed by atoms with van der Waals surface area (Å²) in [5, 5.41) is 11.2. The maximum absolute atomic E-state index is 12.8. The molecule has 3 aromatic carbocycles. The molecule has 0 N–H and O–H groups in total. The van der Waals surface area contributed by atoms with Crippen molar-refractivity contribution in [1.29, 1.82) is 5.26 Å². The summed E-state index contributed by atoms with van der Waals surface area (Å²) in [4.78, 5) is -0.240. The summed E-state index contributed by atoms with van der Waals surface area (Å²) in [6.07, 6.45) is 1.38. The van der Waals surface area contributed by atoms with Crippen molar-refractivity contribution in [3.05, 3.63) is 77.2 Å². The van der Waals surface area contributed by atoms with Crippen LogP contribution in [0.1, 0.15) is 5.56 Å². The molecule has 0 unspecified atom stereocenters. The van der Waals surface area contributed by atoms with Crippen LogP contribution in [0.25, 0.3) is 16.8 Å². The number of hydrogen-bond acceptors (Lipinski definition) is 4. The van der Waals surface area contributed by atoms with Gasteiger partial charge < -0.3 is 4.74 Å². The Morgan fingerprint density at radius 2 is 1.68 bits per heavy atom. The SMILES string of the molecule is COc1ccc2ccccc2c1/C=C(/C#N)S(=O)(=O)c1ccccc1. The number of benzene rings is 3. The van der Waals surface area contributed by atoms with Gasteiger partial charge in [0.25, 0.3) is 0 Å². The summed E-state index contributed by atoms with van der Waals surface area (Å²) in [5.41, 5.74) is 0.566. The van der Waals surface area contributed by atoms with E-state index >= 15 is 0 Å². The van der Waals surface area contributed by atoms with Gasteiger partial charge in [-0.3, -0.25) is 0 Å². The maximum atomic E-state index is 12.8. The topological polar surface area (TPSA) is 67.2 Å². The van der Waals surface area contributed by atoms with Gasteiger partial charge >= 0.3 is 0 Å². The Morgan fingerprint density at radius 3 is 2.36 bits per heavy atom. The van der Waals surface area contributed by atoms with E-state index in [4.69, 9.17) is 4.74 Å². The quantitative estimate of drug-likeness (QED) is 0.663. The largest absolute Gasteiger partial charge is 0.496 e. The molecule has 0 heterocycles. The molecule has 124 valence electrons. The highest BCUT2D eigenvalue weighted by Gasteiger charge is 2.21. The van der Waals surface area contributed by atoms with Crippen LogP contribution < -0.4 is 4.74 Å². The summed E-state index contributed by atoms with van der Waals surface area (Å²) in [6.45, 7) is 0. The first-order valence-electron chi connectivity index (χ1n) is 7.55. The number of hydrogen-bond donors (Lipinski definition) is 0. The second-order valence-corrected chi connectivity index (χ2v) is 7.26. The zero-order chi connectivity index (χ0) is 17.9. The van der Waals surface area contributed by atoms with Crippen molar-refractivity contribution in [1.82, 2.24) is 0 Å². The molecule has 0 aliphatic heterocycles. The molecule has 4 nitrogen and oxygen atoms in total. The van der Waals surface area contributed by atoms with Crippen molar-refractivity contribution in [3.8, 4) is 11.8 Å². The lowest BCUT2D eigenvalue weighted by Gasteiger charge is -2.10. The Morgan fingerprint density at radius 1 is 1.00 bits per heavy atom. The van der Waals surface area contributed by atoms with Gasteiger partial charge in [-0.2, -0.15) is 5.26 Å². The minimum Gasteiger partial charge on any atom is -0.496 e. The van der Waals surface area contributed by atoms with E-state index in [1.807, 2.05) is 36.4 Å². The third-order valence-electron chi connectivity index (χ3n) is 3.88. The van der Waals surface area contributed by atoms with E-state index in [-0.39, 0.29) is 9.80 Å². The number of nitrogens with zero attached hydrogens (tertiary/aromatic N) is 1. The Kier molecular flexibility index (Phi) is 4.55. The van der Waals surface area contributed by atoms with E-state index < -0.39 is 9.84 Å². The van der Waals surface area contributed by atoms with Crippen LogP contribution in [0, 0.1) is 11.3 Å². The van der Waals surface area contributed by atoms with Crippen LogP contribution in [0.2, 0.25) is 0 Å². The van der Waals surface area contributed by atoms with Gasteiger partial charge in [0.05, 0.1) is 12.0 Å². The fraction of sp³-hybridized carbons (Fsp3) is 0.0500. The standard InChI is InChI=1S/C20H15NO3S/c1-24-20-12-11-15-7-5-6-10-18(15)19(20)13-17(14-21)25(22,23)16-8-3-2-4-9-16/h2-13H,1H3/b17-13-. The average molecular weight is 349 g/mol.